The molecule has 1 unspecified atom stereocenters. The molecule has 2 heterocycles. The lowest BCUT2D eigenvalue weighted by Crippen LogP contribution is -2.44. The monoisotopic (exact) mass is 466 g/mol. The number of amides is 1. The highest BCUT2D eigenvalue weighted by Gasteiger charge is 2.27. The summed E-state index contributed by atoms with van der Waals surface area (Å²) >= 11 is 1.07. The molecule has 0 fully saturated rings. The van der Waals surface area contributed by atoms with Gasteiger partial charge in [0.1, 0.15) is 28.5 Å². The molecule has 3 aromatic rings. The van der Waals surface area contributed by atoms with E-state index in [-0.39, 0.29) is 12.0 Å². The molecule has 0 radical (unpaired) electrons. The van der Waals surface area contributed by atoms with Crippen LogP contribution in [-0.2, 0) is 11.2 Å². The standard InChI is InChI=1S/C25H26N2O5S/c1-3-15(2)22(24(29)30)27-23(28)21-14-26-25(33-21)31-18-10-12-20-17(13-18)9-11-19(32-20)16-7-5-4-6-8-16/h4-8,10,12-15,19,22H,3,9,11H2,1-2H3,(H,27,28)(H,29,30)/t15?,19-,22-/m0/s1. The fourth-order valence-corrected chi connectivity index (χ4v) is 4.43. The van der Waals surface area contributed by atoms with Gasteiger partial charge >= 0.3 is 5.97 Å². The molecule has 0 bridgehead atoms. The van der Waals surface area contributed by atoms with E-state index in [0.29, 0.717) is 22.2 Å². The van der Waals surface area contributed by atoms with Gasteiger partial charge in [0.15, 0.2) is 0 Å². The quantitative estimate of drug-likeness (QED) is 0.472. The minimum absolute atomic E-state index is 0.0376. The van der Waals surface area contributed by atoms with Crippen LogP contribution in [0.3, 0.4) is 0 Å². The number of aromatic nitrogens is 1. The van der Waals surface area contributed by atoms with Gasteiger partial charge in [-0.15, -0.1) is 0 Å². The number of nitrogens with zero attached hydrogens (tertiary/aromatic N) is 1. The van der Waals surface area contributed by atoms with Crippen LogP contribution < -0.4 is 14.8 Å². The highest BCUT2D eigenvalue weighted by molar-refractivity contribution is 7.15. The number of carbonyl (C=O) groups is 2. The number of rotatable bonds is 8. The molecule has 1 aliphatic heterocycles. The number of aliphatic carboxylic acids is 1. The summed E-state index contributed by atoms with van der Waals surface area (Å²) in [7, 11) is 0. The summed E-state index contributed by atoms with van der Waals surface area (Å²) in [5, 5.41) is 12.3. The van der Waals surface area contributed by atoms with E-state index in [2.05, 4.69) is 22.4 Å². The number of hydrogen-bond acceptors (Lipinski definition) is 6. The SMILES string of the molecule is CCC(C)[C@H](NC(=O)c1cnc(Oc2ccc3c(c2)CC[C@@H](c2ccccc2)O3)s1)C(=O)O. The molecule has 8 heteroatoms. The van der Waals surface area contributed by atoms with Crippen molar-refractivity contribution in [3.63, 3.8) is 0 Å². The van der Waals surface area contributed by atoms with Crippen LogP contribution in [0.5, 0.6) is 16.7 Å². The van der Waals surface area contributed by atoms with E-state index in [1.807, 2.05) is 43.3 Å². The summed E-state index contributed by atoms with van der Waals surface area (Å²) in [5.41, 5.74) is 2.22. The molecular formula is C25H26N2O5S. The number of hydrogen-bond donors (Lipinski definition) is 2. The number of ether oxygens (including phenoxy) is 2. The maximum Gasteiger partial charge on any atom is 0.326 e. The second-order valence-electron chi connectivity index (χ2n) is 8.09. The third kappa shape index (κ3) is 5.34. The van der Waals surface area contributed by atoms with Crippen LogP contribution in [0, 0.1) is 5.92 Å². The molecular weight excluding hydrogens is 440 g/mol. The first kappa shape index (κ1) is 22.8. The van der Waals surface area contributed by atoms with Crippen LogP contribution in [0.25, 0.3) is 0 Å². The number of nitrogens with one attached hydrogen (secondary N) is 1. The molecule has 0 saturated heterocycles. The molecule has 0 saturated carbocycles. The lowest BCUT2D eigenvalue weighted by molar-refractivity contribution is -0.140. The summed E-state index contributed by atoms with van der Waals surface area (Å²) in [6.45, 7) is 3.68. The first-order chi connectivity index (χ1) is 15.9. The third-order valence-corrected chi connectivity index (χ3v) is 6.70. The highest BCUT2D eigenvalue weighted by Crippen LogP contribution is 2.38. The predicted octanol–water partition coefficient (Wildman–Crippen LogP) is 5.23. The van der Waals surface area contributed by atoms with Crippen molar-refractivity contribution in [3.05, 3.63) is 70.7 Å². The molecule has 0 aliphatic carbocycles. The number of fused-ring (bicyclic) bond motifs is 1. The molecule has 1 aliphatic rings. The first-order valence-electron chi connectivity index (χ1n) is 11.0. The Balaban J connectivity index is 1.41. The van der Waals surface area contributed by atoms with Crippen molar-refractivity contribution in [1.82, 2.24) is 10.3 Å². The third-order valence-electron chi connectivity index (χ3n) is 5.83. The largest absolute Gasteiger partial charge is 0.485 e. The van der Waals surface area contributed by atoms with Crippen molar-refractivity contribution >= 4 is 23.2 Å². The lowest BCUT2D eigenvalue weighted by atomic mass is 9.97. The summed E-state index contributed by atoms with van der Waals surface area (Å²) in [5.74, 6) is -0.258. The van der Waals surface area contributed by atoms with Gasteiger partial charge in [-0.05, 0) is 48.1 Å². The van der Waals surface area contributed by atoms with Gasteiger partial charge in [0, 0.05) is 0 Å². The molecule has 1 aromatic heterocycles. The molecule has 172 valence electrons. The molecule has 1 amide bonds. The van der Waals surface area contributed by atoms with Crippen molar-refractivity contribution < 1.29 is 24.2 Å². The average Bonchev–Trinajstić information content (AvgIpc) is 3.30. The summed E-state index contributed by atoms with van der Waals surface area (Å²) in [6, 6.07) is 14.9. The Morgan fingerprint density at radius 3 is 2.79 bits per heavy atom. The van der Waals surface area contributed by atoms with E-state index in [9.17, 15) is 14.7 Å². The van der Waals surface area contributed by atoms with Gasteiger partial charge < -0.3 is 19.9 Å². The molecule has 7 nitrogen and oxygen atoms in total. The van der Waals surface area contributed by atoms with Crippen molar-refractivity contribution in [3.8, 4) is 16.7 Å². The van der Waals surface area contributed by atoms with E-state index >= 15 is 0 Å². The van der Waals surface area contributed by atoms with Crippen LogP contribution in [0.1, 0.15) is 53.6 Å². The van der Waals surface area contributed by atoms with E-state index < -0.39 is 17.9 Å². The summed E-state index contributed by atoms with van der Waals surface area (Å²) in [6.07, 6.45) is 3.82. The molecule has 33 heavy (non-hydrogen) atoms. The zero-order valence-electron chi connectivity index (χ0n) is 18.5. The van der Waals surface area contributed by atoms with Crippen LogP contribution in [-0.4, -0.2) is 28.0 Å². The van der Waals surface area contributed by atoms with Gasteiger partial charge in [-0.2, -0.15) is 0 Å². The maximum atomic E-state index is 12.5. The van der Waals surface area contributed by atoms with Gasteiger partial charge in [-0.25, -0.2) is 9.78 Å². The molecule has 2 aromatic carbocycles. The Hall–Kier alpha value is -3.39. The minimum Gasteiger partial charge on any atom is -0.485 e. The Morgan fingerprint density at radius 1 is 1.27 bits per heavy atom. The predicted molar refractivity (Wildman–Crippen MR) is 125 cm³/mol. The van der Waals surface area contributed by atoms with Crippen LogP contribution in [0.4, 0.5) is 0 Å². The Morgan fingerprint density at radius 2 is 2.06 bits per heavy atom. The smallest absolute Gasteiger partial charge is 0.326 e. The molecule has 0 spiro atoms. The number of thiazole rings is 1. The normalized spacial score (nSPS) is 16.7. The first-order valence-corrected chi connectivity index (χ1v) is 11.8. The summed E-state index contributed by atoms with van der Waals surface area (Å²) < 4.78 is 12.0. The second-order valence-corrected chi connectivity index (χ2v) is 9.09. The number of carboxylic acids is 1. The number of aryl methyl sites for hydroxylation is 1. The van der Waals surface area contributed by atoms with Gasteiger partial charge in [0.2, 0.25) is 0 Å². The van der Waals surface area contributed by atoms with E-state index in [1.54, 1.807) is 6.92 Å². The zero-order valence-corrected chi connectivity index (χ0v) is 19.3. The van der Waals surface area contributed by atoms with Gasteiger partial charge in [-0.1, -0.05) is 61.9 Å². The number of carboxylic acid groups (broad SMARTS) is 1. The Kier molecular flexibility index (Phi) is 6.93. The average molecular weight is 467 g/mol. The van der Waals surface area contributed by atoms with E-state index in [1.165, 1.54) is 6.20 Å². The zero-order chi connectivity index (χ0) is 23.4. The molecule has 2 N–H and O–H groups in total. The Labute approximate surface area is 196 Å². The minimum atomic E-state index is -1.05. The van der Waals surface area contributed by atoms with Crippen LogP contribution in [0.15, 0.2) is 54.7 Å². The van der Waals surface area contributed by atoms with Gasteiger partial charge in [0.05, 0.1) is 6.20 Å². The maximum absolute atomic E-state index is 12.5. The summed E-state index contributed by atoms with van der Waals surface area (Å²) in [4.78, 5) is 28.4. The lowest BCUT2D eigenvalue weighted by Gasteiger charge is -2.26. The van der Waals surface area contributed by atoms with Crippen molar-refractivity contribution in [2.75, 3.05) is 0 Å². The van der Waals surface area contributed by atoms with Gasteiger partial charge in [0.25, 0.3) is 11.1 Å². The van der Waals surface area contributed by atoms with Crippen molar-refractivity contribution in [2.45, 2.75) is 45.3 Å². The van der Waals surface area contributed by atoms with Crippen LogP contribution in [0.2, 0.25) is 0 Å². The second kappa shape index (κ2) is 10.0. The fraction of sp³-hybridized carbons (Fsp3) is 0.320. The topological polar surface area (TPSA) is 97.8 Å². The van der Waals surface area contributed by atoms with Crippen LogP contribution >= 0.6 is 11.3 Å². The Bertz CT molecular complexity index is 1130. The van der Waals surface area contributed by atoms with Gasteiger partial charge in [-0.3, -0.25) is 4.79 Å². The fourth-order valence-electron chi connectivity index (χ4n) is 3.74. The number of benzene rings is 2. The van der Waals surface area contributed by atoms with Crippen molar-refractivity contribution in [1.29, 1.82) is 0 Å². The number of carbonyl (C=O) groups excluding carboxylic acids is 1. The van der Waals surface area contributed by atoms with Crippen molar-refractivity contribution in [2.24, 2.45) is 5.92 Å². The highest BCUT2D eigenvalue weighted by atomic mass is 32.1. The van der Waals surface area contributed by atoms with E-state index in [4.69, 9.17) is 9.47 Å². The van der Waals surface area contributed by atoms with E-state index in [0.717, 1.165) is 41.1 Å². The molecule has 4 rings (SSSR count). The molecule has 3 atom stereocenters.